The summed E-state index contributed by atoms with van der Waals surface area (Å²) in [5.41, 5.74) is 4.39. The van der Waals surface area contributed by atoms with E-state index in [0.717, 1.165) is 54.1 Å². The highest BCUT2D eigenvalue weighted by atomic mass is 16.1. The van der Waals surface area contributed by atoms with E-state index < -0.39 is 0 Å². The van der Waals surface area contributed by atoms with Crippen LogP contribution in [0.1, 0.15) is 18.4 Å². The number of aryl methyl sites for hydroxylation is 1. The molecule has 3 N–H and O–H groups in total. The Hall–Kier alpha value is -3.32. The topological polar surface area (TPSA) is 91.8 Å². The molecule has 29 heavy (non-hydrogen) atoms. The van der Waals surface area contributed by atoms with Crippen LogP contribution < -0.4 is 16.0 Å². The van der Waals surface area contributed by atoms with Crippen LogP contribution in [0.5, 0.6) is 0 Å². The zero-order valence-corrected chi connectivity index (χ0v) is 16.4. The lowest BCUT2D eigenvalue weighted by Crippen LogP contribution is -2.34. The van der Waals surface area contributed by atoms with Crippen molar-refractivity contribution >= 4 is 23.2 Å². The number of rotatable bonds is 5. The third-order valence-electron chi connectivity index (χ3n) is 5.07. The van der Waals surface area contributed by atoms with E-state index >= 15 is 0 Å². The smallest absolute Gasteiger partial charge is 0.227 e. The van der Waals surface area contributed by atoms with Gasteiger partial charge in [0.15, 0.2) is 0 Å². The normalized spacial score (nSPS) is 14.4. The molecule has 0 bridgehead atoms. The van der Waals surface area contributed by atoms with Gasteiger partial charge in [0, 0.05) is 41.4 Å². The van der Waals surface area contributed by atoms with Gasteiger partial charge in [-0.05, 0) is 68.8 Å². The quantitative estimate of drug-likeness (QED) is 0.619. The van der Waals surface area contributed by atoms with Gasteiger partial charge in [0.05, 0.1) is 5.69 Å². The number of piperidine rings is 1. The minimum atomic E-state index is 0.0634. The van der Waals surface area contributed by atoms with Gasteiger partial charge in [-0.1, -0.05) is 6.07 Å². The number of carbonyl (C=O) groups is 1. The maximum absolute atomic E-state index is 12.5. The van der Waals surface area contributed by atoms with Crippen molar-refractivity contribution in [1.82, 2.24) is 20.3 Å². The fourth-order valence-electron chi connectivity index (χ4n) is 3.38. The number of nitrogens with zero attached hydrogens (tertiary/aromatic N) is 3. The van der Waals surface area contributed by atoms with E-state index in [2.05, 4.69) is 30.9 Å². The van der Waals surface area contributed by atoms with Crippen LogP contribution in [-0.4, -0.2) is 33.9 Å². The molecule has 1 fully saturated rings. The van der Waals surface area contributed by atoms with Crippen LogP contribution in [0.15, 0.2) is 55.0 Å². The molecule has 1 aromatic carbocycles. The Balaban J connectivity index is 1.50. The predicted molar refractivity (Wildman–Crippen MR) is 114 cm³/mol. The number of amides is 1. The number of aromatic nitrogens is 3. The van der Waals surface area contributed by atoms with E-state index in [1.807, 2.05) is 43.3 Å². The molecule has 7 heteroatoms. The van der Waals surface area contributed by atoms with Gasteiger partial charge in [-0.25, -0.2) is 9.97 Å². The molecule has 1 amide bonds. The standard InChI is InChI=1S/C22H24N6O/c1-15-4-5-18(26-21(29)16-6-10-23-11-7-16)13-20(15)28-22-25-12-8-19(27-22)17-3-2-9-24-14-17/h2-5,8-9,12-14,16,23H,6-7,10-11H2,1H3,(H,26,29)(H,25,27,28). The average molecular weight is 388 g/mol. The zero-order chi connectivity index (χ0) is 20.1. The van der Waals surface area contributed by atoms with E-state index in [1.54, 1.807) is 18.6 Å². The first kappa shape index (κ1) is 19.0. The number of nitrogens with one attached hydrogen (secondary N) is 3. The first-order valence-corrected chi connectivity index (χ1v) is 9.82. The fourth-order valence-corrected chi connectivity index (χ4v) is 3.38. The minimum absolute atomic E-state index is 0.0634. The van der Waals surface area contributed by atoms with E-state index in [-0.39, 0.29) is 11.8 Å². The fraction of sp³-hybridized carbons (Fsp3) is 0.273. The van der Waals surface area contributed by atoms with Gasteiger partial charge in [0.2, 0.25) is 11.9 Å². The highest BCUT2D eigenvalue weighted by Crippen LogP contribution is 2.25. The third-order valence-corrected chi connectivity index (χ3v) is 5.07. The van der Waals surface area contributed by atoms with Crippen molar-refractivity contribution < 1.29 is 4.79 Å². The number of anilines is 3. The molecule has 0 atom stereocenters. The molecular formula is C22H24N6O. The molecule has 0 saturated carbocycles. The zero-order valence-electron chi connectivity index (χ0n) is 16.4. The number of carbonyl (C=O) groups excluding carboxylic acids is 1. The summed E-state index contributed by atoms with van der Waals surface area (Å²) in [4.78, 5) is 25.6. The summed E-state index contributed by atoms with van der Waals surface area (Å²) in [5.74, 6) is 0.640. The number of hydrogen-bond acceptors (Lipinski definition) is 6. The monoisotopic (exact) mass is 388 g/mol. The third kappa shape index (κ3) is 4.75. The van der Waals surface area contributed by atoms with E-state index in [4.69, 9.17) is 0 Å². The van der Waals surface area contributed by atoms with Crippen LogP contribution in [-0.2, 0) is 4.79 Å². The lowest BCUT2D eigenvalue weighted by Gasteiger charge is -2.22. The van der Waals surface area contributed by atoms with Crippen molar-refractivity contribution in [2.75, 3.05) is 23.7 Å². The molecule has 3 heterocycles. The van der Waals surface area contributed by atoms with Gasteiger partial charge >= 0.3 is 0 Å². The van der Waals surface area contributed by atoms with Crippen molar-refractivity contribution in [2.45, 2.75) is 19.8 Å². The van der Waals surface area contributed by atoms with Crippen molar-refractivity contribution in [1.29, 1.82) is 0 Å². The first-order chi connectivity index (χ1) is 14.2. The second-order valence-corrected chi connectivity index (χ2v) is 7.18. The molecule has 1 saturated heterocycles. The minimum Gasteiger partial charge on any atom is -0.326 e. The molecule has 2 aromatic heterocycles. The molecule has 0 radical (unpaired) electrons. The van der Waals surface area contributed by atoms with Gasteiger partial charge in [-0.3, -0.25) is 9.78 Å². The summed E-state index contributed by atoms with van der Waals surface area (Å²) in [6.45, 7) is 3.79. The SMILES string of the molecule is Cc1ccc(NC(=O)C2CCNCC2)cc1Nc1nccc(-c2cccnc2)n1. The van der Waals surface area contributed by atoms with Gasteiger partial charge in [-0.2, -0.15) is 0 Å². The average Bonchev–Trinajstić information content (AvgIpc) is 2.77. The largest absolute Gasteiger partial charge is 0.326 e. The predicted octanol–water partition coefficient (Wildman–Crippen LogP) is 3.53. The Labute approximate surface area is 170 Å². The molecule has 4 rings (SSSR count). The summed E-state index contributed by atoms with van der Waals surface area (Å²) in [6, 6.07) is 11.5. The summed E-state index contributed by atoms with van der Waals surface area (Å²) in [6.07, 6.45) is 6.97. The van der Waals surface area contributed by atoms with Crippen molar-refractivity contribution in [3.63, 3.8) is 0 Å². The summed E-state index contributed by atoms with van der Waals surface area (Å²) >= 11 is 0. The van der Waals surface area contributed by atoms with Crippen LogP contribution >= 0.6 is 0 Å². The van der Waals surface area contributed by atoms with Crippen LogP contribution in [0.2, 0.25) is 0 Å². The molecule has 148 valence electrons. The Kier molecular flexibility index (Phi) is 5.76. The van der Waals surface area contributed by atoms with Crippen LogP contribution in [0.25, 0.3) is 11.3 Å². The van der Waals surface area contributed by atoms with Gasteiger partial charge in [0.1, 0.15) is 0 Å². The lowest BCUT2D eigenvalue weighted by atomic mass is 9.97. The molecule has 0 unspecified atom stereocenters. The molecule has 1 aliphatic heterocycles. The molecule has 7 nitrogen and oxygen atoms in total. The van der Waals surface area contributed by atoms with E-state index in [0.29, 0.717) is 5.95 Å². The maximum Gasteiger partial charge on any atom is 0.227 e. The summed E-state index contributed by atoms with van der Waals surface area (Å²) in [5, 5.41) is 9.60. The van der Waals surface area contributed by atoms with Crippen molar-refractivity contribution in [3.8, 4) is 11.3 Å². The highest BCUT2D eigenvalue weighted by molar-refractivity contribution is 5.93. The van der Waals surface area contributed by atoms with Gasteiger partial charge in [-0.15, -0.1) is 0 Å². The molecule has 1 aliphatic rings. The molecule has 3 aromatic rings. The van der Waals surface area contributed by atoms with E-state index in [1.165, 1.54) is 0 Å². The highest BCUT2D eigenvalue weighted by Gasteiger charge is 2.21. The van der Waals surface area contributed by atoms with Crippen molar-refractivity contribution in [2.24, 2.45) is 5.92 Å². The summed E-state index contributed by atoms with van der Waals surface area (Å²) in [7, 11) is 0. The number of benzene rings is 1. The first-order valence-electron chi connectivity index (χ1n) is 9.82. The van der Waals surface area contributed by atoms with Crippen LogP contribution in [0, 0.1) is 12.8 Å². The van der Waals surface area contributed by atoms with Crippen LogP contribution in [0.4, 0.5) is 17.3 Å². The Bertz CT molecular complexity index is 986. The van der Waals surface area contributed by atoms with Gasteiger partial charge in [0.25, 0.3) is 0 Å². The van der Waals surface area contributed by atoms with Gasteiger partial charge < -0.3 is 16.0 Å². The second-order valence-electron chi connectivity index (χ2n) is 7.18. The molecule has 0 aliphatic carbocycles. The lowest BCUT2D eigenvalue weighted by molar-refractivity contribution is -0.120. The van der Waals surface area contributed by atoms with Crippen molar-refractivity contribution in [3.05, 3.63) is 60.6 Å². The van der Waals surface area contributed by atoms with E-state index in [9.17, 15) is 4.79 Å². The Morgan fingerprint density at radius 1 is 1.14 bits per heavy atom. The number of hydrogen-bond donors (Lipinski definition) is 3. The Morgan fingerprint density at radius 2 is 2.00 bits per heavy atom. The Morgan fingerprint density at radius 3 is 2.79 bits per heavy atom. The number of pyridine rings is 1. The maximum atomic E-state index is 12.5. The molecule has 0 spiro atoms. The van der Waals surface area contributed by atoms with Crippen LogP contribution in [0.3, 0.4) is 0 Å². The summed E-state index contributed by atoms with van der Waals surface area (Å²) < 4.78 is 0. The second kappa shape index (κ2) is 8.79. The molecular weight excluding hydrogens is 364 g/mol.